The summed E-state index contributed by atoms with van der Waals surface area (Å²) in [7, 11) is 0. The third-order valence-electron chi connectivity index (χ3n) is 5.21. The largest absolute Gasteiger partial charge is 0.416 e. The maximum atomic E-state index is 13.1. The van der Waals surface area contributed by atoms with Gasteiger partial charge in [0.05, 0.1) is 5.56 Å². The average molecular weight is 335 g/mol. The molecule has 0 saturated heterocycles. The first kappa shape index (κ1) is 17.1. The van der Waals surface area contributed by atoms with E-state index in [0.29, 0.717) is 11.5 Å². The van der Waals surface area contributed by atoms with Crippen LogP contribution in [0.15, 0.2) is 30.3 Å². The van der Waals surface area contributed by atoms with E-state index >= 15 is 0 Å². The Kier molecular flexibility index (Phi) is 4.75. The van der Waals surface area contributed by atoms with Gasteiger partial charge in [-0.3, -0.25) is 0 Å². The Morgan fingerprint density at radius 3 is 2.38 bits per heavy atom. The summed E-state index contributed by atoms with van der Waals surface area (Å²) >= 11 is 0. The topological polar surface area (TPSA) is 4.93 Å². The van der Waals surface area contributed by atoms with Gasteiger partial charge in [-0.05, 0) is 62.4 Å². The van der Waals surface area contributed by atoms with E-state index in [9.17, 15) is 13.2 Å². The molecule has 0 bridgehead atoms. The van der Waals surface area contributed by atoms with E-state index < -0.39 is 11.7 Å². The van der Waals surface area contributed by atoms with E-state index in [-0.39, 0.29) is 0 Å². The third kappa shape index (κ3) is 3.52. The molecule has 0 atom stereocenters. The zero-order valence-corrected chi connectivity index (χ0v) is 14.3. The summed E-state index contributed by atoms with van der Waals surface area (Å²) in [6.07, 6.45) is 1.97. The Balaban J connectivity index is 1.98. The van der Waals surface area contributed by atoms with Gasteiger partial charge in [0.15, 0.2) is 0 Å². The highest BCUT2D eigenvalue weighted by molar-refractivity contribution is 5.66. The maximum absolute atomic E-state index is 13.1. The zero-order chi connectivity index (χ0) is 17.3. The van der Waals surface area contributed by atoms with Crippen LogP contribution >= 0.6 is 0 Å². The van der Waals surface area contributed by atoms with Gasteiger partial charge < -0.3 is 4.57 Å². The normalized spacial score (nSPS) is 16.5. The van der Waals surface area contributed by atoms with Crippen LogP contribution in [0.25, 0.3) is 11.3 Å². The van der Waals surface area contributed by atoms with Crippen molar-refractivity contribution < 1.29 is 13.2 Å². The quantitative estimate of drug-likeness (QED) is 0.614. The lowest BCUT2D eigenvalue weighted by molar-refractivity contribution is -0.137. The van der Waals surface area contributed by atoms with Gasteiger partial charge in [-0.1, -0.05) is 25.3 Å². The predicted molar refractivity (Wildman–Crippen MR) is 90.9 cm³/mol. The number of benzene rings is 1. The van der Waals surface area contributed by atoms with Crippen LogP contribution in [0.2, 0.25) is 0 Å². The minimum absolute atomic E-state index is 0.578. The number of rotatable bonds is 3. The SMILES string of the molecule is Cc1ccc(C(F)(F)F)cc1-c1ccc(C)n1CC1CCCCC1. The van der Waals surface area contributed by atoms with Crippen molar-refractivity contribution in [1.82, 2.24) is 4.57 Å². The van der Waals surface area contributed by atoms with Gasteiger partial charge in [-0.25, -0.2) is 0 Å². The molecule has 0 unspecified atom stereocenters. The number of aryl methyl sites for hydroxylation is 2. The first-order valence-electron chi connectivity index (χ1n) is 8.70. The van der Waals surface area contributed by atoms with Crippen LogP contribution < -0.4 is 0 Å². The molecule has 0 radical (unpaired) electrons. The summed E-state index contributed by atoms with van der Waals surface area (Å²) in [6, 6.07) is 8.01. The molecule has 1 aromatic heterocycles. The van der Waals surface area contributed by atoms with Crippen LogP contribution in [0, 0.1) is 19.8 Å². The summed E-state index contributed by atoms with van der Waals surface area (Å²) in [5.41, 5.74) is 3.01. The van der Waals surface area contributed by atoms with E-state index in [2.05, 4.69) is 4.57 Å². The molecule has 1 heterocycles. The van der Waals surface area contributed by atoms with Crippen LogP contribution in [-0.2, 0) is 12.7 Å². The molecule has 24 heavy (non-hydrogen) atoms. The van der Waals surface area contributed by atoms with Crippen molar-refractivity contribution >= 4 is 0 Å². The second kappa shape index (κ2) is 6.66. The molecule has 3 rings (SSSR count). The number of alkyl halides is 3. The molecule has 1 aromatic carbocycles. The molecule has 1 aliphatic rings. The summed E-state index contributed by atoms with van der Waals surface area (Å²) in [6.45, 7) is 4.82. The number of hydrogen-bond acceptors (Lipinski definition) is 0. The highest BCUT2D eigenvalue weighted by Crippen LogP contribution is 2.35. The molecule has 130 valence electrons. The van der Waals surface area contributed by atoms with Crippen molar-refractivity contribution in [3.05, 3.63) is 47.2 Å². The maximum Gasteiger partial charge on any atom is 0.416 e. The fourth-order valence-corrected chi connectivity index (χ4v) is 3.75. The van der Waals surface area contributed by atoms with E-state index in [1.165, 1.54) is 44.2 Å². The minimum atomic E-state index is -4.31. The van der Waals surface area contributed by atoms with Crippen LogP contribution in [0.3, 0.4) is 0 Å². The number of aromatic nitrogens is 1. The molecule has 1 saturated carbocycles. The minimum Gasteiger partial charge on any atom is -0.345 e. The van der Waals surface area contributed by atoms with Crippen molar-refractivity contribution in [2.45, 2.75) is 58.7 Å². The smallest absolute Gasteiger partial charge is 0.345 e. The molecule has 2 aromatic rings. The second-order valence-corrected chi connectivity index (χ2v) is 7.00. The lowest BCUT2D eigenvalue weighted by atomic mass is 9.89. The lowest BCUT2D eigenvalue weighted by Gasteiger charge is -2.24. The average Bonchev–Trinajstić information content (AvgIpc) is 2.89. The Morgan fingerprint density at radius 2 is 1.71 bits per heavy atom. The molecule has 0 aliphatic heterocycles. The lowest BCUT2D eigenvalue weighted by Crippen LogP contribution is -2.16. The van der Waals surface area contributed by atoms with E-state index in [4.69, 9.17) is 0 Å². The molecule has 1 nitrogen and oxygen atoms in total. The first-order chi connectivity index (χ1) is 11.4. The van der Waals surface area contributed by atoms with Gasteiger partial charge in [0.2, 0.25) is 0 Å². The molecule has 0 spiro atoms. The standard InChI is InChI=1S/C20H24F3N/c1-14-8-10-17(20(21,22)23)12-18(14)19-11-9-15(2)24(19)13-16-6-4-3-5-7-16/h8-12,16H,3-7,13H2,1-2H3. The summed E-state index contributed by atoms with van der Waals surface area (Å²) < 4.78 is 41.5. The van der Waals surface area contributed by atoms with Crippen molar-refractivity contribution in [2.75, 3.05) is 0 Å². The van der Waals surface area contributed by atoms with Crippen LogP contribution in [0.5, 0.6) is 0 Å². The fraction of sp³-hybridized carbons (Fsp3) is 0.500. The van der Waals surface area contributed by atoms with Crippen molar-refractivity contribution in [3.8, 4) is 11.3 Å². The zero-order valence-electron chi connectivity index (χ0n) is 14.3. The van der Waals surface area contributed by atoms with Crippen molar-refractivity contribution in [1.29, 1.82) is 0 Å². The molecule has 4 heteroatoms. The Morgan fingerprint density at radius 1 is 1.00 bits per heavy atom. The first-order valence-corrected chi connectivity index (χ1v) is 8.70. The van der Waals surface area contributed by atoms with E-state index in [0.717, 1.165) is 23.5 Å². The van der Waals surface area contributed by atoms with E-state index in [1.807, 2.05) is 26.0 Å². The molecular formula is C20H24F3N. The highest BCUT2D eigenvalue weighted by Gasteiger charge is 2.31. The van der Waals surface area contributed by atoms with Gasteiger partial charge in [0.25, 0.3) is 0 Å². The third-order valence-corrected chi connectivity index (χ3v) is 5.21. The summed E-state index contributed by atoms with van der Waals surface area (Å²) in [5, 5.41) is 0. The fourth-order valence-electron chi connectivity index (χ4n) is 3.75. The monoisotopic (exact) mass is 335 g/mol. The second-order valence-electron chi connectivity index (χ2n) is 7.00. The number of nitrogens with zero attached hydrogens (tertiary/aromatic N) is 1. The van der Waals surface area contributed by atoms with Crippen molar-refractivity contribution in [3.63, 3.8) is 0 Å². The van der Waals surface area contributed by atoms with Crippen molar-refractivity contribution in [2.24, 2.45) is 5.92 Å². The molecule has 0 amide bonds. The predicted octanol–water partition coefficient (Wildman–Crippen LogP) is 6.37. The van der Waals surface area contributed by atoms with Gasteiger partial charge in [-0.15, -0.1) is 0 Å². The Labute approximate surface area is 141 Å². The summed E-state index contributed by atoms with van der Waals surface area (Å²) in [4.78, 5) is 0. The Hall–Kier alpha value is -1.71. The molecule has 1 aliphatic carbocycles. The summed E-state index contributed by atoms with van der Waals surface area (Å²) in [5.74, 6) is 0.634. The Bertz CT molecular complexity index is 706. The number of halogens is 3. The van der Waals surface area contributed by atoms with Gasteiger partial charge in [0.1, 0.15) is 0 Å². The van der Waals surface area contributed by atoms with Crippen LogP contribution in [0.1, 0.15) is 48.9 Å². The van der Waals surface area contributed by atoms with Gasteiger partial charge in [0, 0.05) is 23.5 Å². The van der Waals surface area contributed by atoms with Gasteiger partial charge in [-0.2, -0.15) is 13.2 Å². The molecule has 1 fully saturated rings. The van der Waals surface area contributed by atoms with Gasteiger partial charge >= 0.3 is 6.18 Å². The molecular weight excluding hydrogens is 311 g/mol. The molecule has 0 N–H and O–H groups in total. The highest BCUT2D eigenvalue weighted by atomic mass is 19.4. The number of hydrogen-bond donors (Lipinski definition) is 0. The van der Waals surface area contributed by atoms with Crippen LogP contribution in [0.4, 0.5) is 13.2 Å². The van der Waals surface area contributed by atoms with Crippen LogP contribution in [-0.4, -0.2) is 4.57 Å². The van der Waals surface area contributed by atoms with E-state index in [1.54, 1.807) is 6.07 Å².